The zero-order valence-corrected chi connectivity index (χ0v) is 13.5. The first-order valence-electron chi connectivity index (χ1n) is 6.96. The van der Waals surface area contributed by atoms with Crippen LogP contribution in [0.3, 0.4) is 0 Å². The van der Waals surface area contributed by atoms with Crippen LogP contribution in [0.15, 0.2) is 36.4 Å². The van der Waals surface area contributed by atoms with Gasteiger partial charge in [0.05, 0.1) is 7.11 Å². The van der Waals surface area contributed by atoms with Crippen LogP contribution in [0.5, 0.6) is 5.75 Å². The van der Waals surface area contributed by atoms with Crippen molar-refractivity contribution in [3.63, 3.8) is 0 Å². The van der Waals surface area contributed by atoms with Crippen molar-refractivity contribution in [3.05, 3.63) is 63.1 Å². The molecule has 0 radical (unpaired) electrons. The number of rotatable bonds is 2. The summed E-state index contributed by atoms with van der Waals surface area (Å²) in [6.07, 6.45) is 3.01. The fraction of sp³-hybridized carbons (Fsp3) is 0.167. The molecule has 0 spiro atoms. The number of hydrogen-bond acceptors (Lipinski definition) is 2. The maximum absolute atomic E-state index is 12.4. The van der Waals surface area contributed by atoms with Crippen LogP contribution in [-0.2, 0) is 11.2 Å². The van der Waals surface area contributed by atoms with Crippen LogP contribution < -0.4 is 4.74 Å². The van der Waals surface area contributed by atoms with Crippen molar-refractivity contribution >= 4 is 40.6 Å². The fourth-order valence-corrected chi connectivity index (χ4v) is 3.19. The second kappa shape index (κ2) is 6.15. The third-order valence-corrected chi connectivity index (χ3v) is 4.37. The van der Waals surface area contributed by atoms with Crippen LogP contribution in [0.2, 0.25) is 10.0 Å². The van der Waals surface area contributed by atoms with Crippen LogP contribution >= 0.6 is 23.2 Å². The summed E-state index contributed by atoms with van der Waals surface area (Å²) < 4.78 is 5.40. The number of ketones is 1. The lowest BCUT2D eigenvalue weighted by Gasteiger charge is -2.20. The highest BCUT2D eigenvalue weighted by atomic mass is 35.5. The largest absolute Gasteiger partial charge is 0.496 e. The standard InChI is InChI=1S/C18H14Cl2O2/c1-22-18-4-2-3-13-14(18)7-8-17(21)15(13)9-11-5-6-12(19)10-16(11)20/h2-6,9-10H,7-8H2,1H3/b15-9+. The molecule has 0 saturated heterocycles. The Kier molecular flexibility index (Phi) is 4.23. The highest BCUT2D eigenvalue weighted by Gasteiger charge is 2.24. The van der Waals surface area contributed by atoms with E-state index in [2.05, 4.69) is 0 Å². The van der Waals surface area contributed by atoms with Gasteiger partial charge in [-0.15, -0.1) is 0 Å². The first-order valence-corrected chi connectivity index (χ1v) is 7.72. The van der Waals surface area contributed by atoms with Gasteiger partial charge in [0.15, 0.2) is 5.78 Å². The second-order valence-electron chi connectivity index (χ2n) is 5.13. The molecule has 3 rings (SSSR count). The average molecular weight is 333 g/mol. The van der Waals surface area contributed by atoms with Gasteiger partial charge in [0.2, 0.25) is 0 Å². The summed E-state index contributed by atoms with van der Waals surface area (Å²) in [7, 11) is 1.64. The summed E-state index contributed by atoms with van der Waals surface area (Å²) in [6.45, 7) is 0. The Labute approximate surface area is 139 Å². The molecular weight excluding hydrogens is 319 g/mol. The van der Waals surface area contributed by atoms with E-state index in [1.165, 1.54) is 0 Å². The predicted octanol–water partition coefficient (Wildman–Crippen LogP) is 5.06. The molecule has 0 saturated carbocycles. The van der Waals surface area contributed by atoms with Gasteiger partial charge in [0, 0.05) is 27.6 Å². The zero-order chi connectivity index (χ0) is 15.7. The molecule has 0 aromatic heterocycles. The van der Waals surface area contributed by atoms with Crippen molar-refractivity contribution in [2.24, 2.45) is 0 Å². The number of fused-ring (bicyclic) bond motifs is 1. The van der Waals surface area contributed by atoms with Crippen LogP contribution in [0.1, 0.15) is 23.1 Å². The molecule has 1 aliphatic carbocycles. The SMILES string of the molecule is COc1cccc2c1CCC(=O)/C2=C/c1ccc(Cl)cc1Cl. The topological polar surface area (TPSA) is 26.3 Å². The molecule has 0 N–H and O–H groups in total. The first kappa shape index (κ1) is 15.1. The van der Waals surface area contributed by atoms with E-state index in [1.807, 2.05) is 30.3 Å². The number of carbonyl (C=O) groups excluding carboxylic acids is 1. The molecular formula is C18H14Cl2O2. The number of methoxy groups -OCH3 is 1. The molecule has 0 amide bonds. The number of benzene rings is 2. The summed E-state index contributed by atoms with van der Waals surface area (Å²) in [5.74, 6) is 0.935. The fourth-order valence-electron chi connectivity index (χ4n) is 2.72. The summed E-state index contributed by atoms with van der Waals surface area (Å²) >= 11 is 12.1. The van der Waals surface area contributed by atoms with E-state index in [0.717, 1.165) is 22.4 Å². The van der Waals surface area contributed by atoms with Crippen LogP contribution in [-0.4, -0.2) is 12.9 Å². The monoisotopic (exact) mass is 332 g/mol. The molecule has 2 aromatic rings. The van der Waals surface area contributed by atoms with Crippen LogP contribution in [0.25, 0.3) is 11.6 Å². The van der Waals surface area contributed by atoms with Gasteiger partial charge in [-0.2, -0.15) is 0 Å². The molecule has 2 nitrogen and oxygen atoms in total. The molecule has 112 valence electrons. The Bertz CT molecular complexity index is 779. The molecule has 0 unspecified atom stereocenters. The maximum atomic E-state index is 12.4. The molecule has 0 heterocycles. The van der Waals surface area contributed by atoms with Gasteiger partial charge < -0.3 is 4.74 Å². The normalized spacial score (nSPS) is 15.8. The summed E-state index contributed by atoms with van der Waals surface area (Å²) in [4.78, 5) is 12.4. The third kappa shape index (κ3) is 2.77. The lowest BCUT2D eigenvalue weighted by Crippen LogP contribution is -2.13. The van der Waals surface area contributed by atoms with Crippen LogP contribution in [0, 0.1) is 0 Å². The molecule has 1 aliphatic rings. The molecule has 0 atom stereocenters. The highest BCUT2D eigenvalue weighted by Crippen LogP contribution is 2.36. The van der Waals surface area contributed by atoms with Gasteiger partial charge in [-0.05, 0) is 41.8 Å². The van der Waals surface area contributed by atoms with Crippen LogP contribution in [0.4, 0.5) is 0 Å². The minimum absolute atomic E-state index is 0.117. The van der Waals surface area contributed by atoms with Gasteiger partial charge in [0.1, 0.15) is 5.75 Å². The van der Waals surface area contributed by atoms with Crippen molar-refractivity contribution in [3.8, 4) is 5.75 Å². The number of allylic oxidation sites excluding steroid dienone is 1. The number of ether oxygens (including phenoxy) is 1. The first-order chi connectivity index (χ1) is 10.6. The van der Waals surface area contributed by atoms with Crippen molar-refractivity contribution in [1.29, 1.82) is 0 Å². The smallest absolute Gasteiger partial charge is 0.163 e. The van der Waals surface area contributed by atoms with Gasteiger partial charge in [-0.1, -0.05) is 41.4 Å². The number of Topliss-reactive ketones (excluding diaryl/α,β-unsaturated/α-hetero) is 1. The van der Waals surface area contributed by atoms with Crippen molar-refractivity contribution in [1.82, 2.24) is 0 Å². The number of carbonyl (C=O) groups is 1. The molecule has 2 aromatic carbocycles. The van der Waals surface area contributed by atoms with E-state index in [9.17, 15) is 4.79 Å². The van der Waals surface area contributed by atoms with Crippen molar-refractivity contribution in [2.45, 2.75) is 12.8 Å². The van der Waals surface area contributed by atoms with Gasteiger partial charge >= 0.3 is 0 Å². The van der Waals surface area contributed by atoms with E-state index in [0.29, 0.717) is 28.5 Å². The van der Waals surface area contributed by atoms with Gasteiger partial charge in [0.25, 0.3) is 0 Å². The Balaban J connectivity index is 2.15. The predicted molar refractivity (Wildman–Crippen MR) is 90.7 cm³/mol. The molecule has 4 heteroatoms. The average Bonchev–Trinajstić information content (AvgIpc) is 2.51. The lowest BCUT2D eigenvalue weighted by atomic mass is 9.85. The summed E-state index contributed by atoms with van der Waals surface area (Å²) in [6, 6.07) is 11.0. The molecule has 0 aliphatic heterocycles. The molecule has 0 fully saturated rings. The van der Waals surface area contributed by atoms with Crippen molar-refractivity contribution < 1.29 is 9.53 Å². The summed E-state index contributed by atoms with van der Waals surface area (Å²) in [5, 5.41) is 1.10. The van der Waals surface area contributed by atoms with E-state index >= 15 is 0 Å². The Hall–Kier alpha value is -1.77. The quantitative estimate of drug-likeness (QED) is 0.718. The minimum Gasteiger partial charge on any atom is -0.496 e. The Morgan fingerprint density at radius 2 is 1.95 bits per heavy atom. The summed E-state index contributed by atoms with van der Waals surface area (Å²) in [5.41, 5.74) is 3.44. The third-order valence-electron chi connectivity index (χ3n) is 3.81. The number of halogens is 2. The number of hydrogen-bond donors (Lipinski definition) is 0. The van der Waals surface area contributed by atoms with Gasteiger partial charge in [-0.3, -0.25) is 4.79 Å². The van der Waals surface area contributed by atoms with Crippen molar-refractivity contribution in [2.75, 3.05) is 7.11 Å². The van der Waals surface area contributed by atoms with E-state index in [4.69, 9.17) is 27.9 Å². The van der Waals surface area contributed by atoms with Gasteiger partial charge in [-0.25, -0.2) is 0 Å². The molecule has 0 bridgehead atoms. The van der Waals surface area contributed by atoms with E-state index in [1.54, 1.807) is 19.2 Å². The maximum Gasteiger partial charge on any atom is 0.163 e. The lowest BCUT2D eigenvalue weighted by molar-refractivity contribution is -0.113. The molecule has 22 heavy (non-hydrogen) atoms. The Morgan fingerprint density at radius 1 is 1.14 bits per heavy atom. The minimum atomic E-state index is 0.117. The highest BCUT2D eigenvalue weighted by molar-refractivity contribution is 6.36. The Morgan fingerprint density at radius 3 is 2.68 bits per heavy atom. The zero-order valence-electron chi connectivity index (χ0n) is 12.0. The van der Waals surface area contributed by atoms with E-state index < -0.39 is 0 Å². The second-order valence-corrected chi connectivity index (χ2v) is 5.98. The van der Waals surface area contributed by atoms with E-state index in [-0.39, 0.29) is 5.78 Å².